The van der Waals surface area contributed by atoms with Gasteiger partial charge in [0.2, 0.25) is 5.78 Å². The molecule has 0 aromatic heterocycles. The third kappa shape index (κ3) is 3.60. The predicted molar refractivity (Wildman–Crippen MR) is 149 cm³/mol. The molecule has 1 N–H and O–H groups in total. The number of aliphatic hydroxyl groups is 1. The molecule has 8 atom stereocenters. The number of carbonyl (C=O) groups excluding carboxylic acids is 3. The highest BCUT2D eigenvalue weighted by molar-refractivity contribution is 5.99. The van der Waals surface area contributed by atoms with Gasteiger partial charge >= 0.3 is 11.9 Å². The Morgan fingerprint density at radius 3 is 2.15 bits per heavy atom. The van der Waals surface area contributed by atoms with Crippen molar-refractivity contribution in [2.24, 2.45) is 50.2 Å². The van der Waals surface area contributed by atoms with Crippen molar-refractivity contribution in [3.63, 3.8) is 0 Å². The quantitative estimate of drug-likeness (QED) is 0.380. The number of methoxy groups -OCH3 is 1. The Labute approximate surface area is 234 Å². The van der Waals surface area contributed by atoms with Crippen LogP contribution < -0.4 is 0 Å². The van der Waals surface area contributed by atoms with Crippen molar-refractivity contribution in [1.29, 1.82) is 0 Å². The fraction of sp³-hybridized carbons (Fsp3) is 0.848. The Morgan fingerprint density at radius 2 is 1.54 bits per heavy atom. The maximum atomic E-state index is 14.6. The monoisotopic (exact) mass is 542 g/mol. The summed E-state index contributed by atoms with van der Waals surface area (Å²) in [6, 6.07) is 0. The molecule has 5 aliphatic rings. The van der Waals surface area contributed by atoms with Gasteiger partial charge in [-0.05, 0) is 90.9 Å². The number of ketones is 1. The number of rotatable bonds is 2. The highest BCUT2D eigenvalue weighted by atomic mass is 16.5. The summed E-state index contributed by atoms with van der Waals surface area (Å²) in [5, 5.41) is 12.0. The number of Topliss-reactive ketones (excluding diaryl/α,β-unsaturated/α-hetero) is 1. The molecule has 218 valence electrons. The van der Waals surface area contributed by atoms with Crippen molar-refractivity contribution >= 4 is 17.7 Å². The molecule has 5 rings (SSSR count). The van der Waals surface area contributed by atoms with Crippen molar-refractivity contribution in [2.75, 3.05) is 7.11 Å². The lowest BCUT2D eigenvalue weighted by Crippen LogP contribution is -2.68. The first-order chi connectivity index (χ1) is 17.9. The maximum Gasteiger partial charge on any atom is 0.312 e. The molecule has 0 aliphatic heterocycles. The summed E-state index contributed by atoms with van der Waals surface area (Å²) in [7, 11) is 1.47. The third-order valence-corrected chi connectivity index (χ3v) is 13.3. The molecule has 0 unspecified atom stereocenters. The Morgan fingerprint density at radius 1 is 0.897 bits per heavy atom. The van der Waals surface area contributed by atoms with E-state index >= 15 is 0 Å². The maximum absolute atomic E-state index is 14.6. The van der Waals surface area contributed by atoms with E-state index < -0.39 is 10.8 Å². The molecule has 0 aromatic rings. The van der Waals surface area contributed by atoms with E-state index in [9.17, 15) is 19.5 Å². The van der Waals surface area contributed by atoms with Gasteiger partial charge in [0, 0.05) is 24.2 Å². The Hall–Kier alpha value is -1.85. The Kier molecular flexibility index (Phi) is 6.31. The first-order valence-electron chi connectivity index (χ1n) is 15.1. The number of fused-ring (bicyclic) bond motifs is 7. The topological polar surface area (TPSA) is 89.9 Å². The van der Waals surface area contributed by atoms with Gasteiger partial charge < -0.3 is 14.6 Å². The first kappa shape index (κ1) is 28.7. The van der Waals surface area contributed by atoms with Gasteiger partial charge in [-0.25, -0.2) is 0 Å². The summed E-state index contributed by atoms with van der Waals surface area (Å²) in [4.78, 5) is 39.9. The van der Waals surface area contributed by atoms with E-state index in [4.69, 9.17) is 9.47 Å². The number of allylic oxidation sites excluding steroid dienone is 2. The smallest absolute Gasteiger partial charge is 0.312 e. The fourth-order valence-corrected chi connectivity index (χ4v) is 11.1. The van der Waals surface area contributed by atoms with E-state index in [1.165, 1.54) is 14.0 Å². The van der Waals surface area contributed by atoms with Crippen molar-refractivity contribution < 1.29 is 29.0 Å². The first-order valence-corrected chi connectivity index (χ1v) is 15.1. The second-order valence-corrected chi connectivity index (χ2v) is 15.9. The minimum absolute atomic E-state index is 0.0112. The summed E-state index contributed by atoms with van der Waals surface area (Å²) >= 11 is 0. The standard InChI is InChI=1S/C33H50O6/c1-19(34)39-22-11-12-30(6)21(29(22,4)5)10-13-32(8)26(30)25(36)24(35)23-20-18-28(2,3)14-16-33(20,27(37)38-9)17-15-31(23,32)7/h20-22,26,35H,10-18H2,1-9H3/t20-,21-,22-,26+,30-,31+,32+,33-/m0/s1. The van der Waals surface area contributed by atoms with Crippen LogP contribution in [0.5, 0.6) is 0 Å². The van der Waals surface area contributed by atoms with Crippen molar-refractivity contribution in [3.05, 3.63) is 11.3 Å². The SMILES string of the molecule is COC(=O)[C@]12CCC(C)(C)C[C@H]1C1=C(O)C(=O)[C@@H]3[C@@]4(C)CC[C@H](OC(C)=O)C(C)(C)[C@@H]4CC[C@@]3(C)[C@]1(C)CC2. The van der Waals surface area contributed by atoms with Gasteiger partial charge in [0.05, 0.1) is 12.5 Å². The lowest BCUT2D eigenvalue weighted by molar-refractivity contribution is -0.214. The highest BCUT2D eigenvalue weighted by Crippen LogP contribution is 2.76. The zero-order valence-electron chi connectivity index (χ0n) is 25.7. The van der Waals surface area contributed by atoms with Crippen LogP contribution in [0, 0.1) is 50.2 Å². The van der Waals surface area contributed by atoms with Crippen molar-refractivity contribution in [2.45, 2.75) is 119 Å². The molecular weight excluding hydrogens is 492 g/mol. The molecule has 0 aromatic carbocycles. The van der Waals surface area contributed by atoms with Gasteiger partial charge in [0.1, 0.15) is 6.10 Å². The minimum atomic E-state index is -0.679. The van der Waals surface area contributed by atoms with E-state index in [1.54, 1.807) is 0 Å². The number of aliphatic hydroxyl groups excluding tert-OH is 1. The van der Waals surface area contributed by atoms with E-state index in [-0.39, 0.29) is 69.0 Å². The van der Waals surface area contributed by atoms with E-state index in [0.29, 0.717) is 0 Å². The number of hydrogen-bond acceptors (Lipinski definition) is 6. The number of ether oxygens (including phenoxy) is 2. The molecule has 39 heavy (non-hydrogen) atoms. The van der Waals surface area contributed by atoms with Crippen LogP contribution in [-0.2, 0) is 23.9 Å². The summed E-state index contributed by atoms with van der Waals surface area (Å²) in [6.45, 7) is 17.2. The van der Waals surface area contributed by atoms with E-state index in [2.05, 4.69) is 48.5 Å². The van der Waals surface area contributed by atoms with Crippen molar-refractivity contribution in [3.8, 4) is 0 Å². The van der Waals surface area contributed by atoms with Gasteiger partial charge in [-0.2, -0.15) is 0 Å². The van der Waals surface area contributed by atoms with E-state index in [0.717, 1.165) is 63.4 Å². The van der Waals surface area contributed by atoms with Crippen LogP contribution >= 0.6 is 0 Å². The number of esters is 2. The molecular formula is C33H50O6. The molecule has 0 spiro atoms. The normalized spacial score (nSPS) is 46.2. The lowest BCUT2D eigenvalue weighted by Gasteiger charge is -2.70. The van der Waals surface area contributed by atoms with Crippen molar-refractivity contribution in [1.82, 2.24) is 0 Å². The number of hydrogen-bond donors (Lipinski definition) is 1. The molecule has 0 amide bonds. The lowest BCUT2D eigenvalue weighted by atomic mass is 9.33. The summed E-state index contributed by atoms with van der Waals surface area (Å²) in [6.07, 6.45) is 7.05. The molecule has 0 radical (unpaired) electrons. The van der Waals surface area contributed by atoms with Crippen LogP contribution in [0.3, 0.4) is 0 Å². The second-order valence-electron chi connectivity index (χ2n) is 15.9. The average Bonchev–Trinajstić information content (AvgIpc) is 2.83. The Bertz CT molecular complexity index is 1130. The molecule has 5 aliphatic carbocycles. The fourth-order valence-electron chi connectivity index (χ4n) is 11.1. The number of carbonyl (C=O) groups is 3. The van der Waals surface area contributed by atoms with Crippen LogP contribution in [-0.4, -0.2) is 36.0 Å². The van der Waals surface area contributed by atoms with Crippen LogP contribution in [0.1, 0.15) is 113 Å². The van der Waals surface area contributed by atoms with E-state index in [1.807, 2.05) is 0 Å². The molecule has 0 bridgehead atoms. The predicted octanol–water partition coefficient (Wildman–Crippen LogP) is 6.96. The van der Waals surface area contributed by atoms with Gasteiger partial charge in [-0.3, -0.25) is 14.4 Å². The molecule has 4 fully saturated rings. The minimum Gasteiger partial charge on any atom is -0.504 e. The molecule has 0 heterocycles. The summed E-state index contributed by atoms with van der Waals surface area (Å²) in [5.41, 5.74) is -1.16. The van der Waals surface area contributed by atoms with Crippen LogP contribution in [0.2, 0.25) is 0 Å². The summed E-state index contributed by atoms with van der Waals surface area (Å²) in [5.74, 6) is -0.982. The van der Waals surface area contributed by atoms with Crippen LogP contribution in [0.15, 0.2) is 11.3 Å². The third-order valence-electron chi connectivity index (χ3n) is 13.3. The molecule has 0 saturated heterocycles. The van der Waals surface area contributed by atoms with Gasteiger partial charge in [-0.15, -0.1) is 0 Å². The highest BCUT2D eigenvalue weighted by Gasteiger charge is 2.73. The molecule has 6 nitrogen and oxygen atoms in total. The molecule has 6 heteroatoms. The van der Waals surface area contributed by atoms with Gasteiger partial charge in [0.25, 0.3) is 0 Å². The zero-order chi connectivity index (χ0) is 29.0. The summed E-state index contributed by atoms with van der Waals surface area (Å²) < 4.78 is 11.2. The Balaban J connectivity index is 1.65. The van der Waals surface area contributed by atoms with Gasteiger partial charge in [0.15, 0.2) is 5.76 Å². The average molecular weight is 543 g/mol. The zero-order valence-corrected chi connectivity index (χ0v) is 25.7. The molecule has 4 saturated carbocycles. The van der Waals surface area contributed by atoms with Crippen LogP contribution in [0.4, 0.5) is 0 Å². The van der Waals surface area contributed by atoms with Crippen LogP contribution in [0.25, 0.3) is 0 Å². The second kappa shape index (κ2) is 8.58. The van der Waals surface area contributed by atoms with Gasteiger partial charge in [-0.1, -0.05) is 48.5 Å². The largest absolute Gasteiger partial charge is 0.504 e.